The van der Waals surface area contributed by atoms with Crippen LogP contribution in [0.25, 0.3) is 61.7 Å². The summed E-state index contributed by atoms with van der Waals surface area (Å²) in [6.07, 6.45) is -3.00. The number of carbonyl (C=O) groups is 3. The molecule has 103 heavy (non-hydrogen) atoms. The molecular formula is C65H61F6N19O5S8. The van der Waals surface area contributed by atoms with Crippen LogP contribution in [0, 0.1) is 38.1 Å². The van der Waals surface area contributed by atoms with Crippen molar-refractivity contribution >= 4 is 125 Å². The molecule has 2 saturated heterocycles. The Balaban J connectivity index is 0.000000164. The number of aryl methyl sites for hydroxylation is 3. The van der Waals surface area contributed by atoms with Gasteiger partial charge in [0.15, 0.2) is 5.13 Å². The van der Waals surface area contributed by atoms with Gasteiger partial charge in [-0.25, -0.2) is 86.1 Å². The normalized spacial score (nSPS) is 13.0. The standard InChI is InChI=1S/C20H17F3N6OS2.C19H15F3N6O2S2.C16H19N3O2S2.C10H10N4S2/c1-3-16-27-13(7-24-2)18(32-16)14-10-31-17(28-14)4-15(30)11-8-29(9-11)19-25-5-12(6-26-19)20(21,22)23;1-23-5-12-17(32-16(8-29)26-12)13-9-31-15(27-13)2-14(30)10-6-28(7-10)18-24-3-11(4-25-18)19(20,21)22;1-6-12-18-10(8-17-5)15(23-12)11-9-22-13(19-11)7-14(20)21-16(2,3)4;1-3-8-13-6(4-12-2)9(16-8)7-5-15-10(11)14-7/h5-6,10-11H,3-4,7-9H2,1H3;3-4,9-10,29H,2,5-8H2;9H,6-8H2,1-4H3;5H,3-4H2,1H3,(H2,11,14). The second-order valence-electron chi connectivity index (χ2n) is 23.3. The van der Waals surface area contributed by atoms with Crippen molar-refractivity contribution < 1.29 is 50.6 Å². The van der Waals surface area contributed by atoms with Crippen LogP contribution in [0.3, 0.4) is 0 Å². The lowest BCUT2D eigenvalue weighted by Gasteiger charge is -2.38. The van der Waals surface area contributed by atoms with Crippen molar-refractivity contribution in [1.82, 2.24) is 59.8 Å². The van der Waals surface area contributed by atoms with Crippen LogP contribution in [0.2, 0.25) is 0 Å². The highest BCUT2D eigenvalue weighted by molar-refractivity contribution is 7.18. The average Bonchev–Trinajstić information content (AvgIpc) is 1.76. The first-order chi connectivity index (χ1) is 49.1. The predicted octanol–water partition coefficient (Wildman–Crippen LogP) is 14.5. The van der Waals surface area contributed by atoms with E-state index in [1.807, 2.05) is 50.8 Å². The highest BCUT2D eigenvalue weighted by atomic mass is 32.1. The van der Waals surface area contributed by atoms with Gasteiger partial charge in [-0.3, -0.25) is 14.4 Å². The molecule has 24 nitrogen and oxygen atoms in total. The molecule has 10 aromatic rings. The van der Waals surface area contributed by atoms with E-state index < -0.39 is 29.1 Å². The summed E-state index contributed by atoms with van der Waals surface area (Å²) in [4.78, 5) is 108. The molecule has 10 aromatic heterocycles. The summed E-state index contributed by atoms with van der Waals surface area (Å²) in [6.45, 7) is 41.8. The predicted molar refractivity (Wildman–Crippen MR) is 385 cm³/mol. The molecule has 0 bridgehead atoms. The number of nitrogens with two attached hydrogens (primary N) is 1. The number of Topliss-reactive ketones (excluding diaryl/α,β-unsaturated/α-hetero) is 2. The van der Waals surface area contributed by atoms with Crippen LogP contribution >= 0.6 is 90.7 Å². The number of aliphatic hydroxyl groups is 1. The fourth-order valence-electron chi connectivity index (χ4n) is 9.58. The van der Waals surface area contributed by atoms with Crippen molar-refractivity contribution in [3.63, 3.8) is 0 Å². The first-order valence-corrected chi connectivity index (χ1v) is 37.9. The van der Waals surface area contributed by atoms with Gasteiger partial charge in [-0.15, -0.1) is 90.7 Å². The van der Waals surface area contributed by atoms with Gasteiger partial charge < -0.3 is 44.8 Å². The summed E-state index contributed by atoms with van der Waals surface area (Å²) >= 11 is 11.5. The topological polar surface area (TPSA) is 285 Å². The number of thiazole rings is 8. The van der Waals surface area contributed by atoms with Crippen molar-refractivity contribution in [3.05, 3.63) is 161 Å². The number of halogens is 6. The Morgan fingerprint density at radius 2 is 0.806 bits per heavy atom. The molecule has 0 spiro atoms. The van der Waals surface area contributed by atoms with Gasteiger partial charge in [0.2, 0.25) is 11.9 Å². The third kappa shape index (κ3) is 20.8. The van der Waals surface area contributed by atoms with Crippen molar-refractivity contribution in [3.8, 4) is 42.3 Å². The molecule has 3 N–H and O–H groups in total. The van der Waals surface area contributed by atoms with E-state index >= 15 is 0 Å². The molecule has 2 fully saturated rings. The molecule has 0 radical (unpaired) electrons. The van der Waals surface area contributed by atoms with E-state index in [1.54, 1.807) is 37.9 Å². The Kier molecular flexibility index (Phi) is 26.5. The van der Waals surface area contributed by atoms with Gasteiger partial charge >= 0.3 is 18.3 Å². The summed E-state index contributed by atoms with van der Waals surface area (Å²) in [5, 5.41) is 22.9. The molecular weight excluding hydrogens is 1500 g/mol. The zero-order valence-corrected chi connectivity index (χ0v) is 62.2. The Bertz CT molecular complexity index is 4570. The van der Waals surface area contributed by atoms with E-state index in [2.05, 4.69) is 86.1 Å². The van der Waals surface area contributed by atoms with Gasteiger partial charge in [-0.05, 0) is 40.0 Å². The zero-order chi connectivity index (χ0) is 74.3. The monoisotopic (exact) mass is 1560 g/mol. The largest absolute Gasteiger partial charge is 0.460 e. The molecule has 0 aromatic carbocycles. The van der Waals surface area contributed by atoms with Gasteiger partial charge in [-0.2, -0.15) is 26.3 Å². The second kappa shape index (κ2) is 34.9. The van der Waals surface area contributed by atoms with Crippen LogP contribution in [-0.4, -0.2) is 114 Å². The smallest absolute Gasteiger partial charge is 0.419 e. The van der Waals surface area contributed by atoms with Crippen LogP contribution in [0.4, 0.5) is 43.4 Å². The number of anilines is 3. The SMILES string of the molecule is [C-]#[N+]Cc1nc(CC)sc1-c1csc(CC(=O)C2CN(c3ncc(C(F)(F)F)cn3)C2)n1.[C-]#[N+]Cc1nc(CC)sc1-c1csc(CC(=O)OC(C)(C)C)n1.[C-]#[N+]Cc1nc(CC)sc1-c1csc(N)n1.[C-]#[N+]Cc1nc(CO)sc1-c1csc(CC(=O)C2CN(c3ncc(C(F)(F)F)cn3)C2)n1. The molecule has 2 aliphatic heterocycles. The summed E-state index contributed by atoms with van der Waals surface area (Å²) in [6, 6.07) is 0. The van der Waals surface area contributed by atoms with Crippen LogP contribution < -0.4 is 15.5 Å². The van der Waals surface area contributed by atoms with E-state index in [9.17, 15) is 45.8 Å². The third-order valence-electron chi connectivity index (χ3n) is 14.6. The molecule has 536 valence electrons. The Labute approximate surface area is 618 Å². The number of aromatic nitrogens is 12. The van der Waals surface area contributed by atoms with Crippen LogP contribution in [0.5, 0.6) is 0 Å². The highest BCUT2D eigenvalue weighted by Gasteiger charge is 2.38. The average molecular weight is 1560 g/mol. The maximum Gasteiger partial charge on any atom is 0.419 e. The maximum atomic E-state index is 12.6. The highest BCUT2D eigenvalue weighted by Crippen LogP contribution is 2.38. The molecule has 0 unspecified atom stereocenters. The molecule has 12 heterocycles. The van der Waals surface area contributed by atoms with E-state index in [-0.39, 0.29) is 86.8 Å². The summed E-state index contributed by atoms with van der Waals surface area (Å²) in [5.74, 6) is -0.432. The van der Waals surface area contributed by atoms with Gasteiger partial charge in [0.1, 0.15) is 60.0 Å². The molecule has 0 atom stereocenters. The number of nitrogen functional groups attached to an aromatic ring is 1. The minimum Gasteiger partial charge on any atom is -0.460 e. The van der Waals surface area contributed by atoms with Crippen LogP contribution in [0.1, 0.15) is 110 Å². The number of nitrogens with zero attached hydrogens (tertiary/aromatic N) is 18. The number of alkyl halides is 6. The lowest BCUT2D eigenvalue weighted by Crippen LogP contribution is -2.51. The summed E-state index contributed by atoms with van der Waals surface area (Å²) in [7, 11) is 0. The van der Waals surface area contributed by atoms with Crippen molar-refractivity contribution in [1.29, 1.82) is 0 Å². The molecule has 38 heteroatoms. The van der Waals surface area contributed by atoms with Gasteiger partial charge in [0.25, 0.3) is 26.2 Å². The summed E-state index contributed by atoms with van der Waals surface area (Å²) < 4.78 is 81.0. The van der Waals surface area contributed by atoms with E-state index in [0.29, 0.717) is 69.1 Å². The first-order valence-electron chi connectivity index (χ1n) is 31.1. The Morgan fingerprint density at radius 3 is 1.10 bits per heavy atom. The minimum absolute atomic E-state index is 0.0178. The third-order valence-corrected chi connectivity index (χ3v) is 22.7. The number of esters is 1. The molecule has 0 aliphatic carbocycles. The lowest BCUT2D eigenvalue weighted by atomic mass is 9.94. The number of aliphatic hydroxyl groups excluding tert-OH is 1. The number of carbonyl (C=O) groups excluding carboxylic acids is 3. The van der Waals surface area contributed by atoms with Gasteiger partial charge in [-0.1, -0.05) is 20.8 Å². The lowest BCUT2D eigenvalue weighted by molar-refractivity contribution is -0.154. The number of ether oxygens (including phenoxy) is 1. The second-order valence-corrected chi connectivity index (χ2v) is 31.3. The fraction of sp³-hybridized carbons (Fsp3) is 0.400. The van der Waals surface area contributed by atoms with Gasteiger partial charge in [0.05, 0.1) is 106 Å². The van der Waals surface area contributed by atoms with Gasteiger partial charge in [0, 0.05) is 72.5 Å². The number of ketones is 2. The molecule has 0 saturated carbocycles. The van der Waals surface area contributed by atoms with Crippen LogP contribution in [-0.2, 0) is 103 Å². The minimum atomic E-state index is -4.49. The van der Waals surface area contributed by atoms with Crippen molar-refractivity contribution in [2.45, 2.75) is 131 Å². The summed E-state index contributed by atoms with van der Waals surface area (Å²) in [5.41, 5.74) is 9.18. The molecule has 12 rings (SSSR count). The van der Waals surface area contributed by atoms with Crippen molar-refractivity contribution in [2.24, 2.45) is 11.8 Å². The maximum absolute atomic E-state index is 12.6. The van der Waals surface area contributed by atoms with E-state index in [1.165, 1.54) is 68.0 Å². The fourth-order valence-corrected chi connectivity index (χ4v) is 16.6. The molecule has 0 amide bonds. The van der Waals surface area contributed by atoms with E-state index in [0.717, 1.165) is 113 Å². The first kappa shape index (κ1) is 78.1. The quantitative estimate of drug-likeness (QED) is 0.0362. The Morgan fingerprint density at radius 1 is 0.495 bits per heavy atom. The Hall–Kier alpha value is -9.09. The molecule has 2 aliphatic rings. The number of hydrogen-bond acceptors (Lipinski definition) is 28. The van der Waals surface area contributed by atoms with Crippen LogP contribution in [0.15, 0.2) is 46.3 Å². The van der Waals surface area contributed by atoms with E-state index in [4.69, 9.17) is 36.8 Å². The zero-order valence-electron chi connectivity index (χ0n) is 55.6. The number of hydrogen-bond donors (Lipinski definition) is 2. The van der Waals surface area contributed by atoms with Crippen molar-refractivity contribution in [2.75, 3.05) is 41.7 Å². The number of rotatable bonds is 22.